The molecule has 1 aliphatic heterocycles. The van der Waals surface area contributed by atoms with Gasteiger partial charge in [0.25, 0.3) is 5.91 Å². The molecule has 0 saturated heterocycles. The van der Waals surface area contributed by atoms with Crippen molar-refractivity contribution >= 4 is 12.2 Å². The number of aldehydes is 1. The molecule has 0 aromatic heterocycles. The summed E-state index contributed by atoms with van der Waals surface area (Å²) in [4.78, 5) is 25.4. The first-order chi connectivity index (χ1) is 11.9. The Bertz CT molecular complexity index is 868. The second-order valence-electron chi connectivity index (χ2n) is 5.82. The predicted octanol–water partition coefficient (Wildman–Crippen LogP) is 2.53. The van der Waals surface area contributed by atoms with Gasteiger partial charge in [-0.3, -0.25) is 9.59 Å². The molecule has 1 amide bonds. The zero-order valence-corrected chi connectivity index (χ0v) is 14.3. The topological polar surface area (TPSA) is 97.0 Å². The number of nitrogens with one attached hydrogen (secondary N) is 1. The van der Waals surface area contributed by atoms with E-state index in [-0.39, 0.29) is 12.3 Å². The van der Waals surface area contributed by atoms with Crippen LogP contribution in [0.5, 0.6) is 0 Å². The van der Waals surface area contributed by atoms with E-state index in [1.807, 2.05) is 0 Å². The Morgan fingerprint density at radius 2 is 1.92 bits per heavy atom. The number of carbonyl (C=O) groups is 2. The lowest BCUT2D eigenvalue weighted by Gasteiger charge is -2.31. The maximum absolute atomic E-state index is 12.8. The summed E-state index contributed by atoms with van der Waals surface area (Å²) in [6.07, 6.45) is 0.898. The van der Waals surface area contributed by atoms with E-state index in [4.69, 9.17) is 5.26 Å². The molecule has 6 heteroatoms. The zero-order valence-electron chi connectivity index (χ0n) is 14.3. The lowest BCUT2D eigenvalue weighted by atomic mass is 9.96. The van der Waals surface area contributed by atoms with Crippen LogP contribution >= 0.6 is 0 Å². The monoisotopic (exact) mass is 334 g/mol. The van der Waals surface area contributed by atoms with Gasteiger partial charge in [0.1, 0.15) is 0 Å². The normalized spacial score (nSPS) is 14.9. The van der Waals surface area contributed by atoms with Crippen LogP contribution in [0.1, 0.15) is 41.0 Å². The van der Waals surface area contributed by atoms with Crippen molar-refractivity contribution < 1.29 is 9.59 Å². The number of amides is 1. The predicted molar refractivity (Wildman–Crippen MR) is 92.1 cm³/mol. The molecular formula is C19H18N4O2. The molecule has 0 saturated carbocycles. The summed E-state index contributed by atoms with van der Waals surface area (Å²) >= 11 is 0. The Morgan fingerprint density at radius 1 is 1.28 bits per heavy atom. The van der Waals surface area contributed by atoms with E-state index in [9.17, 15) is 14.9 Å². The molecule has 6 nitrogen and oxygen atoms in total. The first kappa shape index (κ1) is 18.0. The maximum Gasteiger partial charge on any atom is 0.254 e. The summed E-state index contributed by atoms with van der Waals surface area (Å²) in [5.41, 5.74) is 2.84. The number of hydrogen-bond donors (Lipinski definition) is 1. The summed E-state index contributed by atoms with van der Waals surface area (Å²) in [7, 11) is 1.62. The molecule has 0 bridgehead atoms. The van der Waals surface area contributed by atoms with Gasteiger partial charge in [-0.2, -0.15) is 10.5 Å². The van der Waals surface area contributed by atoms with Gasteiger partial charge in [-0.25, -0.2) is 0 Å². The number of hydrogen-bond acceptors (Lipinski definition) is 5. The molecule has 1 atom stereocenters. The summed E-state index contributed by atoms with van der Waals surface area (Å²) in [6, 6.07) is 10.4. The molecule has 126 valence electrons. The second-order valence-corrected chi connectivity index (χ2v) is 5.82. The number of likely N-dealkylation sites (N-methyl/N-ethyl adjacent to an activating group) is 1. The van der Waals surface area contributed by atoms with Crippen LogP contribution in [0, 0.1) is 22.7 Å². The molecule has 1 N–H and O–H groups in total. The van der Waals surface area contributed by atoms with Gasteiger partial charge in [-0.05, 0) is 19.9 Å². The minimum absolute atomic E-state index is 0.248. The lowest BCUT2D eigenvalue weighted by molar-refractivity contribution is 0.0757. The minimum Gasteiger partial charge on any atom is -0.359 e. The van der Waals surface area contributed by atoms with Gasteiger partial charge >= 0.3 is 0 Å². The van der Waals surface area contributed by atoms with Crippen molar-refractivity contribution in [1.29, 1.82) is 10.5 Å². The van der Waals surface area contributed by atoms with Crippen molar-refractivity contribution in [3.05, 3.63) is 57.9 Å². The molecule has 25 heavy (non-hydrogen) atoms. The molecule has 0 radical (unpaired) electrons. The third kappa shape index (κ3) is 3.44. The highest BCUT2D eigenvalue weighted by atomic mass is 16.2. The van der Waals surface area contributed by atoms with Gasteiger partial charge in [0.15, 0.2) is 6.29 Å². The Hall–Kier alpha value is -3.38. The van der Waals surface area contributed by atoms with Crippen LogP contribution in [0.25, 0.3) is 0 Å². The third-order valence-corrected chi connectivity index (χ3v) is 4.36. The fourth-order valence-electron chi connectivity index (χ4n) is 2.69. The Balaban J connectivity index is 2.34. The number of nitrogens with zero attached hydrogens (tertiary/aromatic N) is 3. The smallest absolute Gasteiger partial charge is 0.254 e. The van der Waals surface area contributed by atoms with Crippen LogP contribution in [0.4, 0.5) is 0 Å². The van der Waals surface area contributed by atoms with Crippen LogP contribution in [0.2, 0.25) is 0 Å². The number of benzene rings is 1. The van der Waals surface area contributed by atoms with E-state index in [1.165, 1.54) is 4.90 Å². The second kappa shape index (κ2) is 7.46. The van der Waals surface area contributed by atoms with Crippen molar-refractivity contribution in [2.45, 2.75) is 26.3 Å². The van der Waals surface area contributed by atoms with Crippen LogP contribution in [-0.2, 0) is 0 Å². The third-order valence-electron chi connectivity index (χ3n) is 4.36. The van der Waals surface area contributed by atoms with Crippen LogP contribution in [0.15, 0.2) is 46.8 Å². The molecular weight excluding hydrogens is 316 g/mol. The number of allylic oxidation sites excluding steroid dienone is 3. The van der Waals surface area contributed by atoms with Gasteiger partial charge in [-0.15, -0.1) is 0 Å². The summed E-state index contributed by atoms with van der Waals surface area (Å²) < 4.78 is 0. The molecule has 0 aliphatic carbocycles. The molecule has 1 aliphatic rings. The highest BCUT2D eigenvalue weighted by Gasteiger charge is 2.27. The Labute approximate surface area is 146 Å². The fraction of sp³-hybridized carbons (Fsp3) is 0.263. The molecule has 0 fully saturated rings. The van der Waals surface area contributed by atoms with E-state index >= 15 is 0 Å². The molecule has 2 rings (SSSR count). The van der Waals surface area contributed by atoms with Crippen molar-refractivity contribution in [3.8, 4) is 12.1 Å². The highest BCUT2D eigenvalue weighted by Crippen LogP contribution is 2.26. The van der Waals surface area contributed by atoms with Crippen LogP contribution in [0.3, 0.4) is 0 Å². The van der Waals surface area contributed by atoms with E-state index in [1.54, 1.807) is 45.2 Å². The maximum atomic E-state index is 12.8. The summed E-state index contributed by atoms with van der Waals surface area (Å²) in [5, 5.41) is 21.6. The lowest BCUT2D eigenvalue weighted by Crippen LogP contribution is -2.41. The first-order valence-electron chi connectivity index (χ1n) is 7.76. The van der Waals surface area contributed by atoms with Crippen LogP contribution in [-0.4, -0.2) is 30.2 Å². The largest absolute Gasteiger partial charge is 0.359 e. The number of nitriles is 2. The summed E-state index contributed by atoms with van der Waals surface area (Å²) in [5.74, 6) is -0.311. The minimum atomic E-state index is -0.419. The molecule has 1 heterocycles. The Kier molecular flexibility index (Phi) is 5.36. The number of rotatable bonds is 4. The quantitative estimate of drug-likeness (QED) is 0.853. The van der Waals surface area contributed by atoms with E-state index in [0.29, 0.717) is 40.0 Å². The zero-order chi connectivity index (χ0) is 18.6. The van der Waals surface area contributed by atoms with E-state index in [2.05, 4.69) is 17.5 Å². The molecule has 0 spiro atoms. The summed E-state index contributed by atoms with van der Waals surface area (Å²) in [6.45, 7) is 3.56. The van der Waals surface area contributed by atoms with Crippen molar-refractivity contribution in [3.63, 3.8) is 0 Å². The molecule has 1 unspecified atom stereocenters. The van der Waals surface area contributed by atoms with Gasteiger partial charge in [0.05, 0.1) is 40.6 Å². The van der Waals surface area contributed by atoms with Crippen molar-refractivity contribution in [2.24, 2.45) is 0 Å². The first-order valence-corrected chi connectivity index (χ1v) is 7.76. The van der Waals surface area contributed by atoms with E-state index < -0.39 is 6.04 Å². The van der Waals surface area contributed by atoms with Crippen molar-refractivity contribution in [2.75, 3.05) is 7.05 Å². The highest BCUT2D eigenvalue weighted by molar-refractivity contribution is 6.01. The standard InChI is InChI=1S/C19H18N4O2/c1-12-15(9-20)8-16(10-21)18(22-12)13(2)23(3)19(25)17-7-5-4-6-14(17)11-24/h4-7,11,13,22H,8H2,1-3H3. The van der Waals surface area contributed by atoms with Crippen LogP contribution < -0.4 is 5.32 Å². The van der Waals surface area contributed by atoms with Gasteiger partial charge in [0, 0.05) is 24.7 Å². The fourth-order valence-corrected chi connectivity index (χ4v) is 2.69. The number of carbonyl (C=O) groups excluding carboxylic acids is 2. The van der Waals surface area contributed by atoms with Gasteiger partial charge in [0.2, 0.25) is 0 Å². The van der Waals surface area contributed by atoms with Crippen molar-refractivity contribution in [1.82, 2.24) is 10.2 Å². The number of dihydropyridines is 1. The average Bonchev–Trinajstić information content (AvgIpc) is 2.65. The molecule has 1 aromatic carbocycles. The SMILES string of the molecule is CC1=C(C#N)CC(C#N)=C(C(C)N(C)C(=O)c2ccccc2C=O)N1. The van der Waals surface area contributed by atoms with E-state index in [0.717, 1.165) is 0 Å². The van der Waals surface area contributed by atoms with Gasteiger partial charge < -0.3 is 10.2 Å². The Morgan fingerprint density at radius 3 is 2.52 bits per heavy atom. The average molecular weight is 334 g/mol. The molecule has 1 aromatic rings. The van der Waals surface area contributed by atoms with Gasteiger partial charge in [-0.1, -0.05) is 18.2 Å².